The number of rotatable bonds is 4. The lowest BCUT2D eigenvalue weighted by Crippen LogP contribution is -2.12. The van der Waals surface area contributed by atoms with E-state index in [1.807, 2.05) is 42.5 Å². The van der Waals surface area contributed by atoms with E-state index < -0.39 is 0 Å². The molecular weight excluding hydrogens is 330 g/mol. The molecule has 1 N–H and O–H groups in total. The van der Waals surface area contributed by atoms with E-state index in [4.69, 9.17) is 4.74 Å². The van der Waals surface area contributed by atoms with Gasteiger partial charge in [0.05, 0.1) is 6.42 Å². The lowest BCUT2D eigenvalue weighted by Gasteiger charge is -2.10. The minimum absolute atomic E-state index is 0.151. The average Bonchev–Trinajstić information content (AvgIpc) is 2.90. The first-order valence-electron chi connectivity index (χ1n) is 6.95. The number of carbonyl (C=O) groups is 1. The second-order valence-corrected chi connectivity index (χ2v) is 6.07. The van der Waals surface area contributed by atoms with Crippen molar-refractivity contribution in [3.8, 4) is 0 Å². The van der Waals surface area contributed by atoms with Crippen molar-refractivity contribution in [3.63, 3.8) is 0 Å². The quantitative estimate of drug-likeness (QED) is 0.848. The zero-order valence-electron chi connectivity index (χ0n) is 11.5. The van der Waals surface area contributed by atoms with Gasteiger partial charge in [-0.25, -0.2) is 0 Å². The van der Waals surface area contributed by atoms with Crippen molar-refractivity contribution in [2.45, 2.75) is 18.9 Å². The molecule has 0 fully saturated rings. The Hall–Kier alpha value is -1.81. The van der Waals surface area contributed by atoms with E-state index in [0.29, 0.717) is 13.0 Å². The van der Waals surface area contributed by atoms with Crippen molar-refractivity contribution in [1.82, 2.24) is 0 Å². The van der Waals surface area contributed by atoms with Gasteiger partial charge < -0.3 is 10.1 Å². The third-order valence-electron chi connectivity index (χ3n) is 3.67. The third-order valence-corrected chi connectivity index (χ3v) is 4.19. The highest BCUT2D eigenvalue weighted by Gasteiger charge is 2.24. The van der Waals surface area contributed by atoms with Crippen LogP contribution in [0.2, 0.25) is 0 Å². The van der Waals surface area contributed by atoms with Crippen LogP contribution in [-0.2, 0) is 16.1 Å². The predicted octanol–water partition coefficient (Wildman–Crippen LogP) is 4.09. The number of para-hydroxylation sites is 1. The van der Waals surface area contributed by atoms with Crippen molar-refractivity contribution in [1.29, 1.82) is 0 Å². The molecule has 1 heterocycles. The molecule has 0 aliphatic carbocycles. The van der Waals surface area contributed by atoms with Crippen LogP contribution in [0.1, 0.15) is 23.5 Å². The summed E-state index contributed by atoms with van der Waals surface area (Å²) in [4.78, 5) is 12.0. The summed E-state index contributed by atoms with van der Waals surface area (Å²) in [6, 6.07) is 15.9. The molecule has 3 rings (SSSR count). The summed E-state index contributed by atoms with van der Waals surface area (Å²) in [5.41, 5.74) is 3.33. The molecular formula is C17H16BrNO2. The van der Waals surface area contributed by atoms with Gasteiger partial charge in [-0.2, -0.15) is 0 Å². The van der Waals surface area contributed by atoms with E-state index in [9.17, 15) is 4.79 Å². The molecule has 1 unspecified atom stereocenters. The van der Waals surface area contributed by atoms with Crippen molar-refractivity contribution in [3.05, 3.63) is 64.1 Å². The van der Waals surface area contributed by atoms with Gasteiger partial charge >= 0.3 is 5.97 Å². The highest BCUT2D eigenvalue weighted by Crippen LogP contribution is 2.33. The maximum absolute atomic E-state index is 12.0. The van der Waals surface area contributed by atoms with Crippen LogP contribution in [0.4, 0.5) is 5.69 Å². The van der Waals surface area contributed by atoms with E-state index >= 15 is 0 Å². The molecule has 4 heteroatoms. The van der Waals surface area contributed by atoms with Crippen LogP contribution in [0.3, 0.4) is 0 Å². The first-order valence-corrected chi connectivity index (χ1v) is 7.74. The van der Waals surface area contributed by atoms with Crippen molar-refractivity contribution < 1.29 is 9.53 Å². The smallest absolute Gasteiger partial charge is 0.306 e. The van der Waals surface area contributed by atoms with Gasteiger partial charge in [0.25, 0.3) is 0 Å². The molecule has 0 spiro atoms. The van der Waals surface area contributed by atoms with Crippen LogP contribution in [0.5, 0.6) is 0 Å². The number of nitrogens with one attached hydrogen (secondary N) is 1. The number of anilines is 1. The second-order valence-electron chi connectivity index (χ2n) is 5.16. The van der Waals surface area contributed by atoms with Crippen molar-refractivity contribution >= 4 is 27.6 Å². The number of carbonyl (C=O) groups excluding carboxylic acids is 1. The highest BCUT2D eigenvalue weighted by atomic mass is 79.9. The Morgan fingerprint density at radius 3 is 2.76 bits per heavy atom. The van der Waals surface area contributed by atoms with Gasteiger partial charge in [0.2, 0.25) is 0 Å². The van der Waals surface area contributed by atoms with Crippen LogP contribution in [0, 0.1) is 0 Å². The Balaban J connectivity index is 1.54. The van der Waals surface area contributed by atoms with Gasteiger partial charge in [-0.05, 0) is 29.3 Å². The molecule has 0 saturated carbocycles. The van der Waals surface area contributed by atoms with Crippen LogP contribution < -0.4 is 5.32 Å². The average molecular weight is 346 g/mol. The maximum Gasteiger partial charge on any atom is 0.306 e. The van der Waals surface area contributed by atoms with E-state index in [0.717, 1.165) is 22.3 Å². The normalized spacial score (nSPS) is 16.1. The molecule has 0 saturated heterocycles. The fraction of sp³-hybridized carbons (Fsp3) is 0.235. The standard InChI is InChI=1S/C17H16BrNO2/c18-14-7-5-12(6-8-14)11-21-17(20)9-13-10-19-16-4-2-1-3-15(13)16/h1-8,13,19H,9-11H2. The van der Waals surface area contributed by atoms with E-state index in [1.165, 1.54) is 5.56 Å². The summed E-state index contributed by atoms with van der Waals surface area (Å²) in [5, 5.41) is 3.32. The summed E-state index contributed by atoms with van der Waals surface area (Å²) >= 11 is 3.38. The highest BCUT2D eigenvalue weighted by molar-refractivity contribution is 9.10. The Labute approximate surface area is 132 Å². The first kappa shape index (κ1) is 14.1. The molecule has 1 atom stereocenters. The number of hydrogen-bond acceptors (Lipinski definition) is 3. The molecule has 0 radical (unpaired) electrons. The Kier molecular flexibility index (Phi) is 4.25. The van der Waals surface area contributed by atoms with Gasteiger partial charge in [-0.3, -0.25) is 4.79 Å². The molecule has 0 amide bonds. The van der Waals surface area contributed by atoms with Crippen LogP contribution >= 0.6 is 15.9 Å². The molecule has 0 bridgehead atoms. The van der Waals surface area contributed by atoms with Gasteiger partial charge in [-0.15, -0.1) is 0 Å². The first-order chi connectivity index (χ1) is 10.2. The van der Waals surface area contributed by atoms with Crippen LogP contribution in [0.15, 0.2) is 53.0 Å². The zero-order valence-corrected chi connectivity index (χ0v) is 13.1. The van der Waals surface area contributed by atoms with Gasteiger partial charge in [0.1, 0.15) is 6.61 Å². The number of benzene rings is 2. The summed E-state index contributed by atoms with van der Waals surface area (Å²) in [5.74, 6) is 0.0556. The number of halogens is 1. The lowest BCUT2D eigenvalue weighted by molar-refractivity contribution is -0.145. The number of hydrogen-bond donors (Lipinski definition) is 1. The lowest BCUT2D eigenvalue weighted by atomic mass is 9.98. The maximum atomic E-state index is 12.0. The van der Waals surface area contributed by atoms with E-state index in [2.05, 4.69) is 27.3 Å². The van der Waals surface area contributed by atoms with E-state index in [1.54, 1.807) is 0 Å². The molecule has 2 aromatic rings. The minimum Gasteiger partial charge on any atom is -0.461 e. The van der Waals surface area contributed by atoms with Gasteiger partial charge in [0.15, 0.2) is 0 Å². The molecule has 1 aliphatic heterocycles. The van der Waals surface area contributed by atoms with Crippen LogP contribution in [-0.4, -0.2) is 12.5 Å². The molecule has 0 aromatic heterocycles. The Morgan fingerprint density at radius 2 is 1.95 bits per heavy atom. The Morgan fingerprint density at radius 1 is 1.19 bits per heavy atom. The fourth-order valence-corrected chi connectivity index (χ4v) is 2.81. The predicted molar refractivity (Wildman–Crippen MR) is 86.2 cm³/mol. The molecule has 1 aliphatic rings. The zero-order chi connectivity index (χ0) is 14.7. The van der Waals surface area contributed by atoms with Crippen LogP contribution in [0.25, 0.3) is 0 Å². The number of fused-ring (bicyclic) bond motifs is 1. The summed E-state index contributed by atoms with van der Waals surface area (Å²) in [7, 11) is 0. The number of ether oxygens (including phenoxy) is 1. The SMILES string of the molecule is O=C(CC1CNc2ccccc21)OCc1ccc(Br)cc1. The van der Waals surface area contributed by atoms with Crippen molar-refractivity contribution in [2.75, 3.05) is 11.9 Å². The summed E-state index contributed by atoms with van der Waals surface area (Å²) < 4.78 is 6.38. The number of esters is 1. The molecule has 2 aromatic carbocycles. The fourth-order valence-electron chi connectivity index (χ4n) is 2.54. The second kappa shape index (κ2) is 6.31. The summed E-state index contributed by atoms with van der Waals surface area (Å²) in [6.07, 6.45) is 0.417. The molecule has 21 heavy (non-hydrogen) atoms. The monoisotopic (exact) mass is 345 g/mol. The van der Waals surface area contributed by atoms with Gasteiger partial charge in [0, 0.05) is 22.6 Å². The minimum atomic E-state index is -0.151. The molecule has 3 nitrogen and oxygen atoms in total. The Bertz CT molecular complexity index is 639. The van der Waals surface area contributed by atoms with Crippen molar-refractivity contribution in [2.24, 2.45) is 0 Å². The third kappa shape index (κ3) is 3.45. The summed E-state index contributed by atoms with van der Waals surface area (Å²) in [6.45, 7) is 1.13. The van der Waals surface area contributed by atoms with Gasteiger partial charge in [-0.1, -0.05) is 46.3 Å². The largest absolute Gasteiger partial charge is 0.461 e. The molecule has 108 valence electrons. The van der Waals surface area contributed by atoms with E-state index in [-0.39, 0.29) is 11.9 Å². The topological polar surface area (TPSA) is 38.3 Å².